The summed E-state index contributed by atoms with van der Waals surface area (Å²) in [6.07, 6.45) is -0.966. The summed E-state index contributed by atoms with van der Waals surface area (Å²) >= 11 is 1.22. The first-order chi connectivity index (χ1) is 15.3. The Labute approximate surface area is 186 Å². The number of methoxy groups -OCH3 is 1. The second kappa shape index (κ2) is 7.15. The van der Waals surface area contributed by atoms with Crippen LogP contribution in [-0.4, -0.2) is 60.3 Å². The zero-order valence-corrected chi connectivity index (χ0v) is 18.0. The average Bonchev–Trinajstić information content (AvgIpc) is 3.14. The number of carbonyl (C=O) groups excluding carboxylic acids is 2. The van der Waals surface area contributed by atoms with E-state index in [0.717, 1.165) is 0 Å². The number of fused-ring (bicyclic) bond motifs is 5. The summed E-state index contributed by atoms with van der Waals surface area (Å²) in [6.45, 7) is 1.93. The summed E-state index contributed by atoms with van der Waals surface area (Å²) in [5.41, 5.74) is 5.12. The molecule has 0 bridgehead atoms. The highest BCUT2D eigenvalue weighted by atomic mass is 32.1. The van der Waals surface area contributed by atoms with E-state index in [1.807, 2.05) is 4.90 Å². The van der Waals surface area contributed by atoms with Crippen molar-refractivity contribution >= 4 is 34.7 Å². The van der Waals surface area contributed by atoms with Crippen LogP contribution < -0.4 is 16.0 Å². The second-order valence-corrected chi connectivity index (χ2v) is 8.86. The summed E-state index contributed by atoms with van der Waals surface area (Å²) in [5, 5.41) is 35.0. The molecule has 3 aliphatic heterocycles. The zero-order chi connectivity index (χ0) is 22.8. The maximum atomic E-state index is 12.3. The molecule has 0 radical (unpaired) electrons. The fraction of sp³-hybridized carbons (Fsp3) is 0.400. The van der Waals surface area contributed by atoms with Crippen LogP contribution in [0.2, 0.25) is 0 Å². The SMILES string of the molecule is CO[C@@]12[C@H](COC(N)=O)c3c(O)c(N=NC(=O)c4cccs4)c(C)c(O)c3N1C[C@@H]1N[C@@H]12. The van der Waals surface area contributed by atoms with E-state index in [2.05, 4.69) is 15.5 Å². The molecular weight excluding hydrogens is 438 g/mol. The molecule has 0 unspecified atom stereocenters. The molecule has 2 aromatic rings. The number of aromatic hydroxyl groups is 2. The van der Waals surface area contributed by atoms with Gasteiger partial charge in [-0.15, -0.1) is 21.6 Å². The fourth-order valence-corrected chi connectivity index (χ4v) is 5.58. The number of amides is 2. The minimum Gasteiger partial charge on any atom is -0.505 e. The number of rotatable bonds is 5. The number of azo groups is 1. The quantitative estimate of drug-likeness (QED) is 0.299. The van der Waals surface area contributed by atoms with Gasteiger partial charge in [-0.3, -0.25) is 4.79 Å². The molecule has 2 fully saturated rings. The second-order valence-electron chi connectivity index (χ2n) is 7.92. The van der Waals surface area contributed by atoms with Gasteiger partial charge >= 0.3 is 12.0 Å². The molecule has 0 spiro atoms. The van der Waals surface area contributed by atoms with E-state index >= 15 is 0 Å². The predicted octanol–water partition coefficient (Wildman–Crippen LogP) is 2.09. The number of hydrogen-bond donors (Lipinski definition) is 4. The zero-order valence-electron chi connectivity index (χ0n) is 17.2. The third-order valence-corrected chi connectivity index (χ3v) is 7.27. The topological polar surface area (TPSA) is 169 Å². The molecule has 12 heteroatoms. The number of benzene rings is 1. The summed E-state index contributed by atoms with van der Waals surface area (Å²) in [6, 6.07) is 3.39. The van der Waals surface area contributed by atoms with Crippen LogP contribution in [0.1, 0.15) is 26.7 Å². The van der Waals surface area contributed by atoms with Gasteiger partial charge in [-0.1, -0.05) is 6.07 Å². The number of nitrogens with two attached hydrogens (primary N) is 1. The fourth-order valence-electron chi connectivity index (χ4n) is 4.98. The van der Waals surface area contributed by atoms with Gasteiger partial charge in [0.05, 0.1) is 22.5 Å². The van der Waals surface area contributed by atoms with Gasteiger partial charge in [-0.2, -0.15) is 0 Å². The first kappa shape index (κ1) is 20.7. The third-order valence-electron chi connectivity index (χ3n) is 6.41. The Bertz CT molecular complexity index is 1150. The lowest BCUT2D eigenvalue weighted by atomic mass is 9.88. The van der Waals surface area contributed by atoms with Gasteiger partial charge in [0.2, 0.25) is 0 Å². The van der Waals surface area contributed by atoms with Crippen molar-refractivity contribution in [2.45, 2.75) is 30.7 Å². The number of hydrogen-bond acceptors (Lipinski definition) is 10. The van der Waals surface area contributed by atoms with Gasteiger partial charge in [0, 0.05) is 30.8 Å². The number of thiophene rings is 1. The van der Waals surface area contributed by atoms with Crippen LogP contribution in [0.25, 0.3) is 0 Å². The molecule has 2 amide bonds. The number of carbonyl (C=O) groups is 2. The summed E-state index contributed by atoms with van der Waals surface area (Å²) in [4.78, 5) is 25.9. The predicted molar refractivity (Wildman–Crippen MR) is 114 cm³/mol. The summed E-state index contributed by atoms with van der Waals surface area (Å²) < 4.78 is 11.0. The van der Waals surface area contributed by atoms with Crippen LogP contribution in [0.3, 0.4) is 0 Å². The highest BCUT2D eigenvalue weighted by molar-refractivity contribution is 7.12. The van der Waals surface area contributed by atoms with Gasteiger partial charge in [0.1, 0.15) is 23.8 Å². The molecule has 2 saturated heterocycles. The number of phenolic OH excluding ortho intramolecular Hbond substituents is 2. The van der Waals surface area contributed by atoms with Gasteiger partial charge in [-0.05, 0) is 18.4 Å². The van der Waals surface area contributed by atoms with Gasteiger partial charge in [0.25, 0.3) is 0 Å². The van der Waals surface area contributed by atoms with Crippen molar-refractivity contribution in [2.24, 2.45) is 16.0 Å². The van der Waals surface area contributed by atoms with Crippen LogP contribution in [-0.2, 0) is 9.47 Å². The normalized spacial score (nSPS) is 27.3. The van der Waals surface area contributed by atoms with Crippen LogP contribution in [0, 0.1) is 6.92 Å². The number of nitrogens with one attached hydrogen (secondary N) is 1. The molecule has 11 nitrogen and oxygen atoms in total. The lowest BCUT2D eigenvalue weighted by molar-refractivity contribution is -0.0337. The van der Waals surface area contributed by atoms with Crippen molar-refractivity contribution in [3.8, 4) is 11.5 Å². The number of ether oxygens (including phenoxy) is 2. The van der Waals surface area contributed by atoms with E-state index in [-0.39, 0.29) is 41.4 Å². The first-order valence-corrected chi connectivity index (χ1v) is 10.8. The van der Waals surface area contributed by atoms with Gasteiger partial charge in [0.15, 0.2) is 5.72 Å². The van der Waals surface area contributed by atoms with Gasteiger partial charge < -0.3 is 35.6 Å². The number of anilines is 1. The Balaban J connectivity index is 1.63. The molecule has 32 heavy (non-hydrogen) atoms. The molecule has 1 aromatic heterocycles. The summed E-state index contributed by atoms with van der Waals surface area (Å²) in [7, 11) is 1.53. The molecule has 0 saturated carbocycles. The Hall–Kier alpha value is -3.22. The lowest BCUT2D eigenvalue weighted by Crippen LogP contribution is -2.54. The number of nitrogens with zero attached hydrogens (tertiary/aromatic N) is 3. The van der Waals surface area contributed by atoms with Crippen molar-refractivity contribution in [1.82, 2.24) is 5.32 Å². The molecule has 1 aromatic carbocycles. The van der Waals surface area contributed by atoms with Crippen LogP contribution in [0.4, 0.5) is 16.2 Å². The maximum absolute atomic E-state index is 12.3. The number of phenols is 2. The van der Waals surface area contributed by atoms with Crippen molar-refractivity contribution in [1.29, 1.82) is 0 Å². The van der Waals surface area contributed by atoms with Crippen LogP contribution >= 0.6 is 11.3 Å². The standard InChI is InChI=1S/C20H21N5O6S/c1-8-13(23-24-18(28)11-4-3-5-32-11)16(27)12-9(7-31-19(21)29)20(30-2)17-10(22-17)6-25(20)14(12)15(8)26/h3-5,9-10,17,22,26-27H,6-7H2,1-2H3,(H2,21,29)/t9-,10+,17+,20-/m1/s1. The lowest BCUT2D eigenvalue weighted by Gasteiger charge is -2.38. The third kappa shape index (κ3) is 2.73. The minimum absolute atomic E-state index is 0.0389. The van der Waals surface area contributed by atoms with E-state index < -0.39 is 23.6 Å². The van der Waals surface area contributed by atoms with E-state index in [9.17, 15) is 19.8 Å². The van der Waals surface area contributed by atoms with E-state index in [4.69, 9.17) is 15.2 Å². The maximum Gasteiger partial charge on any atom is 0.404 e. The Kier molecular flexibility index (Phi) is 4.62. The molecule has 4 heterocycles. The van der Waals surface area contributed by atoms with Crippen LogP contribution in [0.15, 0.2) is 27.7 Å². The first-order valence-electron chi connectivity index (χ1n) is 9.90. The monoisotopic (exact) mass is 459 g/mol. The minimum atomic E-state index is -0.994. The Morgan fingerprint density at radius 2 is 2.19 bits per heavy atom. The highest BCUT2D eigenvalue weighted by Gasteiger charge is 2.71. The van der Waals surface area contributed by atoms with Crippen molar-refractivity contribution in [3.05, 3.63) is 33.5 Å². The smallest absolute Gasteiger partial charge is 0.404 e. The molecule has 5 N–H and O–H groups in total. The highest BCUT2D eigenvalue weighted by Crippen LogP contribution is 2.64. The number of piperazine rings is 1. The van der Waals surface area contributed by atoms with Gasteiger partial charge in [-0.25, -0.2) is 4.79 Å². The van der Waals surface area contributed by atoms with E-state index in [1.54, 1.807) is 24.4 Å². The van der Waals surface area contributed by atoms with Crippen molar-refractivity contribution in [3.63, 3.8) is 0 Å². The van der Waals surface area contributed by atoms with Crippen LogP contribution in [0.5, 0.6) is 11.5 Å². The molecular formula is C20H21N5O6S. The Morgan fingerprint density at radius 3 is 2.84 bits per heavy atom. The molecule has 168 valence electrons. The molecule has 4 atom stereocenters. The van der Waals surface area contributed by atoms with Crippen molar-refractivity contribution in [2.75, 3.05) is 25.2 Å². The van der Waals surface area contributed by atoms with Crippen molar-refractivity contribution < 1.29 is 29.3 Å². The van der Waals surface area contributed by atoms with E-state index in [0.29, 0.717) is 22.7 Å². The molecule has 0 aliphatic carbocycles. The molecule has 5 rings (SSSR count). The largest absolute Gasteiger partial charge is 0.505 e. The summed E-state index contributed by atoms with van der Waals surface area (Å²) in [5.74, 6) is -1.61. The molecule has 3 aliphatic rings. The average molecular weight is 459 g/mol. The Morgan fingerprint density at radius 1 is 1.41 bits per heavy atom. The van der Waals surface area contributed by atoms with E-state index in [1.165, 1.54) is 18.4 Å². The number of primary amides is 1.